The molecule has 1 N–H and O–H groups in total. The van der Waals surface area contributed by atoms with Crippen LogP contribution in [0.25, 0.3) is 0 Å². The third kappa shape index (κ3) is 3.01. The minimum Gasteiger partial charge on any atom is -0.340 e. The van der Waals surface area contributed by atoms with Crippen LogP contribution in [0.5, 0.6) is 0 Å². The van der Waals surface area contributed by atoms with Gasteiger partial charge in [-0.15, -0.1) is 0 Å². The highest BCUT2D eigenvalue weighted by Gasteiger charge is 2.33. The number of amides is 1. The molecule has 0 saturated carbocycles. The SMILES string of the molecule is CC1CNCC(C(=O)N2CCC(C)CC2C)C1. The van der Waals surface area contributed by atoms with E-state index in [2.05, 4.69) is 31.0 Å². The van der Waals surface area contributed by atoms with Crippen LogP contribution in [-0.4, -0.2) is 36.5 Å². The van der Waals surface area contributed by atoms with E-state index in [4.69, 9.17) is 0 Å². The van der Waals surface area contributed by atoms with Crippen molar-refractivity contribution in [2.75, 3.05) is 19.6 Å². The van der Waals surface area contributed by atoms with E-state index in [1.165, 1.54) is 12.8 Å². The smallest absolute Gasteiger partial charge is 0.227 e. The van der Waals surface area contributed by atoms with Crippen molar-refractivity contribution in [2.45, 2.75) is 46.1 Å². The predicted molar refractivity (Wildman–Crippen MR) is 69.7 cm³/mol. The lowest BCUT2D eigenvalue weighted by Crippen LogP contribution is -2.50. The van der Waals surface area contributed by atoms with Crippen molar-refractivity contribution < 1.29 is 4.79 Å². The maximum Gasteiger partial charge on any atom is 0.227 e. The lowest BCUT2D eigenvalue weighted by molar-refractivity contribution is -0.140. The summed E-state index contributed by atoms with van der Waals surface area (Å²) in [7, 11) is 0. The van der Waals surface area contributed by atoms with Crippen molar-refractivity contribution in [1.29, 1.82) is 0 Å². The number of piperidine rings is 2. The minimum absolute atomic E-state index is 0.217. The van der Waals surface area contributed by atoms with Crippen LogP contribution in [0.15, 0.2) is 0 Å². The van der Waals surface area contributed by atoms with E-state index in [9.17, 15) is 4.79 Å². The number of hydrogen-bond donors (Lipinski definition) is 1. The van der Waals surface area contributed by atoms with Gasteiger partial charge in [-0.25, -0.2) is 0 Å². The van der Waals surface area contributed by atoms with Crippen LogP contribution in [0.4, 0.5) is 0 Å². The highest BCUT2D eigenvalue weighted by Crippen LogP contribution is 2.26. The van der Waals surface area contributed by atoms with Crippen molar-refractivity contribution in [1.82, 2.24) is 10.2 Å². The number of carbonyl (C=O) groups is 1. The van der Waals surface area contributed by atoms with Gasteiger partial charge >= 0.3 is 0 Å². The third-order valence-corrected chi connectivity index (χ3v) is 4.34. The molecule has 2 rings (SSSR count). The van der Waals surface area contributed by atoms with E-state index in [0.29, 0.717) is 17.9 Å². The van der Waals surface area contributed by atoms with Gasteiger partial charge in [-0.1, -0.05) is 13.8 Å². The first-order valence-corrected chi connectivity index (χ1v) is 7.09. The Bertz CT molecular complexity index is 279. The normalized spacial score (nSPS) is 39.1. The van der Waals surface area contributed by atoms with E-state index >= 15 is 0 Å². The van der Waals surface area contributed by atoms with Crippen LogP contribution in [-0.2, 0) is 4.79 Å². The second-order valence-corrected chi connectivity index (χ2v) is 6.21. The molecule has 0 aromatic heterocycles. The number of nitrogens with zero attached hydrogens (tertiary/aromatic N) is 1. The molecule has 0 spiro atoms. The third-order valence-electron chi connectivity index (χ3n) is 4.34. The van der Waals surface area contributed by atoms with Gasteiger partial charge in [-0.05, 0) is 44.6 Å². The number of rotatable bonds is 1. The van der Waals surface area contributed by atoms with Gasteiger partial charge in [0.25, 0.3) is 0 Å². The summed E-state index contributed by atoms with van der Waals surface area (Å²) in [6, 6.07) is 0.434. The molecule has 2 heterocycles. The Kier molecular flexibility index (Phi) is 4.08. The average molecular weight is 238 g/mol. The molecule has 1 amide bonds. The molecule has 98 valence electrons. The topological polar surface area (TPSA) is 32.3 Å². The van der Waals surface area contributed by atoms with Crippen LogP contribution in [0.3, 0.4) is 0 Å². The maximum absolute atomic E-state index is 12.5. The summed E-state index contributed by atoms with van der Waals surface area (Å²) in [5, 5.41) is 3.38. The van der Waals surface area contributed by atoms with Gasteiger partial charge in [0, 0.05) is 19.1 Å². The molecular weight excluding hydrogens is 212 g/mol. The van der Waals surface area contributed by atoms with Gasteiger partial charge in [0.05, 0.1) is 5.92 Å². The van der Waals surface area contributed by atoms with E-state index in [1.54, 1.807) is 0 Å². The summed E-state index contributed by atoms with van der Waals surface area (Å²) >= 11 is 0. The van der Waals surface area contributed by atoms with Crippen molar-refractivity contribution in [2.24, 2.45) is 17.8 Å². The lowest BCUT2D eigenvalue weighted by Gasteiger charge is -2.40. The molecule has 4 unspecified atom stereocenters. The Morgan fingerprint density at radius 3 is 2.53 bits per heavy atom. The molecule has 4 atom stereocenters. The Morgan fingerprint density at radius 2 is 1.88 bits per heavy atom. The molecule has 2 saturated heterocycles. The lowest BCUT2D eigenvalue weighted by atomic mass is 9.88. The number of carbonyl (C=O) groups excluding carboxylic acids is 1. The molecule has 0 aromatic carbocycles. The number of likely N-dealkylation sites (tertiary alicyclic amines) is 1. The summed E-state index contributed by atoms with van der Waals surface area (Å²) in [6.45, 7) is 9.63. The zero-order valence-electron chi connectivity index (χ0n) is 11.4. The molecule has 0 bridgehead atoms. The van der Waals surface area contributed by atoms with Crippen LogP contribution < -0.4 is 5.32 Å². The van der Waals surface area contributed by atoms with Crippen LogP contribution in [0, 0.1) is 17.8 Å². The quantitative estimate of drug-likeness (QED) is 0.756. The first kappa shape index (κ1) is 12.9. The van der Waals surface area contributed by atoms with Gasteiger partial charge < -0.3 is 10.2 Å². The van der Waals surface area contributed by atoms with Gasteiger partial charge in [-0.3, -0.25) is 4.79 Å². The monoisotopic (exact) mass is 238 g/mol. The Labute approximate surface area is 105 Å². The molecule has 0 aliphatic carbocycles. The average Bonchev–Trinajstić information content (AvgIpc) is 2.28. The Morgan fingerprint density at radius 1 is 1.12 bits per heavy atom. The molecule has 17 heavy (non-hydrogen) atoms. The summed E-state index contributed by atoms with van der Waals surface area (Å²) in [4.78, 5) is 14.6. The van der Waals surface area contributed by atoms with Gasteiger partial charge in [-0.2, -0.15) is 0 Å². The first-order chi connectivity index (χ1) is 8.08. The van der Waals surface area contributed by atoms with Crippen molar-refractivity contribution in [3.05, 3.63) is 0 Å². The summed E-state index contributed by atoms with van der Waals surface area (Å²) in [6.07, 6.45) is 3.40. The molecule has 0 aromatic rings. The largest absolute Gasteiger partial charge is 0.340 e. The fourth-order valence-corrected chi connectivity index (χ4v) is 3.31. The summed E-state index contributed by atoms with van der Waals surface area (Å²) in [5.41, 5.74) is 0. The number of nitrogens with one attached hydrogen (secondary N) is 1. The molecule has 0 radical (unpaired) electrons. The zero-order valence-corrected chi connectivity index (χ0v) is 11.4. The predicted octanol–water partition coefficient (Wildman–Crippen LogP) is 1.88. The van der Waals surface area contributed by atoms with Crippen LogP contribution in [0.1, 0.15) is 40.0 Å². The van der Waals surface area contributed by atoms with Crippen LogP contribution >= 0.6 is 0 Å². The molecule has 3 nitrogen and oxygen atoms in total. The zero-order chi connectivity index (χ0) is 12.4. The van der Waals surface area contributed by atoms with Gasteiger partial charge in [0.2, 0.25) is 5.91 Å². The number of hydrogen-bond acceptors (Lipinski definition) is 2. The van der Waals surface area contributed by atoms with Gasteiger partial charge in [0.1, 0.15) is 0 Å². The minimum atomic E-state index is 0.217. The standard InChI is InChI=1S/C14H26N2O/c1-10-4-5-16(12(3)6-10)14(17)13-7-11(2)8-15-9-13/h10-13,15H,4-9H2,1-3H3. The Balaban J connectivity index is 1.94. The molecule has 2 aliphatic heterocycles. The fraction of sp³-hybridized carbons (Fsp3) is 0.929. The first-order valence-electron chi connectivity index (χ1n) is 7.09. The Hall–Kier alpha value is -0.570. The molecular formula is C14H26N2O. The second-order valence-electron chi connectivity index (χ2n) is 6.21. The fourth-order valence-electron chi connectivity index (χ4n) is 3.31. The molecule has 2 aliphatic rings. The van der Waals surface area contributed by atoms with Gasteiger partial charge in [0.15, 0.2) is 0 Å². The maximum atomic E-state index is 12.5. The molecule has 3 heteroatoms. The van der Waals surface area contributed by atoms with E-state index < -0.39 is 0 Å². The summed E-state index contributed by atoms with van der Waals surface area (Å²) in [5.74, 6) is 2.02. The van der Waals surface area contributed by atoms with E-state index in [0.717, 1.165) is 32.0 Å². The van der Waals surface area contributed by atoms with Crippen LogP contribution in [0.2, 0.25) is 0 Å². The van der Waals surface area contributed by atoms with Crippen molar-refractivity contribution >= 4 is 5.91 Å². The second kappa shape index (κ2) is 5.38. The van der Waals surface area contributed by atoms with E-state index in [1.807, 2.05) is 0 Å². The van der Waals surface area contributed by atoms with Crippen molar-refractivity contribution in [3.63, 3.8) is 0 Å². The highest BCUT2D eigenvalue weighted by atomic mass is 16.2. The summed E-state index contributed by atoms with van der Waals surface area (Å²) < 4.78 is 0. The highest BCUT2D eigenvalue weighted by molar-refractivity contribution is 5.79. The van der Waals surface area contributed by atoms with E-state index in [-0.39, 0.29) is 5.92 Å². The van der Waals surface area contributed by atoms with Crippen molar-refractivity contribution in [3.8, 4) is 0 Å². The molecule has 2 fully saturated rings.